The van der Waals surface area contributed by atoms with Gasteiger partial charge < -0.3 is 9.88 Å². The van der Waals surface area contributed by atoms with Crippen molar-refractivity contribution in [1.82, 2.24) is 8.97 Å². The molecule has 0 unspecified atom stereocenters. The normalized spacial score (nSPS) is 13.1. The molecule has 1 N–H and O–H groups in total. The maximum absolute atomic E-state index is 6.50. The van der Waals surface area contributed by atoms with Crippen molar-refractivity contribution in [1.29, 1.82) is 0 Å². The second kappa shape index (κ2) is 9.27. The van der Waals surface area contributed by atoms with Crippen molar-refractivity contribution in [2.45, 2.75) is 39.7 Å². The van der Waals surface area contributed by atoms with E-state index in [0.29, 0.717) is 10.0 Å². The van der Waals surface area contributed by atoms with Crippen molar-refractivity contribution in [2.75, 3.05) is 5.32 Å². The van der Waals surface area contributed by atoms with E-state index in [1.54, 1.807) is 0 Å². The predicted molar refractivity (Wildman–Crippen MR) is 155 cm³/mol. The van der Waals surface area contributed by atoms with E-state index in [0.717, 1.165) is 37.2 Å². The molecule has 5 aromatic rings. The van der Waals surface area contributed by atoms with E-state index < -0.39 is 0 Å². The van der Waals surface area contributed by atoms with Crippen LogP contribution in [0.3, 0.4) is 0 Å². The van der Waals surface area contributed by atoms with E-state index in [1.165, 1.54) is 44.7 Å². The lowest BCUT2D eigenvalue weighted by Gasteiger charge is -2.13. The van der Waals surface area contributed by atoms with Crippen molar-refractivity contribution >= 4 is 40.1 Å². The summed E-state index contributed by atoms with van der Waals surface area (Å²) in [6.45, 7) is 5.25. The zero-order valence-corrected chi connectivity index (χ0v) is 22.1. The molecule has 5 heteroatoms. The van der Waals surface area contributed by atoms with E-state index in [2.05, 4.69) is 82.9 Å². The topological polar surface area (TPSA) is 21.4 Å². The molecule has 0 radical (unpaired) electrons. The third-order valence-electron chi connectivity index (χ3n) is 7.16. The van der Waals surface area contributed by atoms with Crippen LogP contribution in [0.4, 0.5) is 5.69 Å². The minimum absolute atomic E-state index is 0.656. The molecule has 6 rings (SSSR count). The van der Waals surface area contributed by atoms with Gasteiger partial charge in [-0.2, -0.15) is 0 Å². The third kappa shape index (κ3) is 3.95. The molecule has 1 aliphatic rings. The molecule has 3 nitrogen and oxygen atoms in total. The summed E-state index contributed by atoms with van der Waals surface area (Å²) in [6, 6.07) is 25.4. The van der Waals surface area contributed by atoms with E-state index in [9.17, 15) is 0 Å². The number of hydrogen-bond acceptors (Lipinski definition) is 1. The van der Waals surface area contributed by atoms with Crippen LogP contribution in [-0.2, 0) is 13.0 Å². The Kier molecular flexibility index (Phi) is 5.94. The first-order chi connectivity index (χ1) is 17.5. The quantitative estimate of drug-likeness (QED) is 0.245. The van der Waals surface area contributed by atoms with Crippen molar-refractivity contribution in [3.8, 4) is 22.4 Å². The molecule has 0 saturated heterocycles. The van der Waals surface area contributed by atoms with Gasteiger partial charge in [0, 0.05) is 23.9 Å². The van der Waals surface area contributed by atoms with Gasteiger partial charge in [0.25, 0.3) is 0 Å². The molecule has 0 aliphatic carbocycles. The highest BCUT2D eigenvalue weighted by atomic mass is 35.5. The molecule has 180 valence electrons. The largest absolute Gasteiger partial charge is 0.344 e. The molecule has 0 bridgehead atoms. The fourth-order valence-electron chi connectivity index (χ4n) is 5.34. The smallest absolute Gasteiger partial charge is 0.128 e. The summed E-state index contributed by atoms with van der Waals surface area (Å²) in [5.74, 6) is 0. The SMILES string of the molecule is Cc1ccc(-c2c3c4n(c(-c5ccc(C)cc5)cn4c2C(=S)Nc2ccccc2Cl)CCCC3)cc1. The Labute approximate surface area is 222 Å². The molecule has 36 heavy (non-hydrogen) atoms. The van der Waals surface area contributed by atoms with Gasteiger partial charge in [-0.15, -0.1) is 0 Å². The van der Waals surface area contributed by atoms with Crippen molar-refractivity contribution < 1.29 is 0 Å². The molecule has 0 spiro atoms. The van der Waals surface area contributed by atoms with Gasteiger partial charge in [-0.3, -0.25) is 4.40 Å². The first kappa shape index (κ1) is 23.1. The van der Waals surface area contributed by atoms with Gasteiger partial charge in [-0.05, 0) is 56.4 Å². The zero-order chi connectivity index (χ0) is 24.8. The first-order valence-electron chi connectivity index (χ1n) is 12.5. The summed E-state index contributed by atoms with van der Waals surface area (Å²) in [6.07, 6.45) is 5.60. The molecular weight excluding hydrogens is 482 g/mol. The maximum Gasteiger partial charge on any atom is 0.128 e. The van der Waals surface area contributed by atoms with Crippen molar-refractivity contribution in [3.63, 3.8) is 0 Å². The average Bonchev–Trinajstić information content (AvgIpc) is 3.29. The van der Waals surface area contributed by atoms with E-state index in [4.69, 9.17) is 23.8 Å². The summed E-state index contributed by atoms with van der Waals surface area (Å²) in [4.78, 5) is 0.674. The highest BCUT2D eigenvalue weighted by molar-refractivity contribution is 7.81. The Morgan fingerprint density at radius 3 is 2.22 bits per heavy atom. The Hall–Kier alpha value is -3.34. The fourth-order valence-corrected chi connectivity index (χ4v) is 5.83. The minimum atomic E-state index is 0.656. The number of anilines is 1. The summed E-state index contributed by atoms with van der Waals surface area (Å²) in [7, 11) is 0. The monoisotopic (exact) mass is 509 g/mol. The number of nitrogens with one attached hydrogen (secondary N) is 1. The summed E-state index contributed by atoms with van der Waals surface area (Å²) in [5, 5.41) is 4.12. The first-order valence-corrected chi connectivity index (χ1v) is 13.3. The summed E-state index contributed by atoms with van der Waals surface area (Å²) < 4.78 is 4.81. The second-order valence-corrected chi connectivity index (χ2v) is 10.5. The van der Waals surface area contributed by atoms with Crippen molar-refractivity contribution in [2.24, 2.45) is 0 Å². The molecule has 3 heterocycles. The van der Waals surface area contributed by atoms with Gasteiger partial charge in [0.2, 0.25) is 0 Å². The number of aryl methyl sites for hydroxylation is 4. The number of aromatic nitrogens is 2. The number of benzene rings is 3. The number of nitrogens with zero attached hydrogens (tertiary/aromatic N) is 2. The number of hydrogen-bond donors (Lipinski definition) is 1. The van der Waals surface area contributed by atoms with Crippen LogP contribution < -0.4 is 5.32 Å². The summed E-state index contributed by atoms with van der Waals surface area (Å²) >= 11 is 12.6. The van der Waals surface area contributed by atoms with Crippen LogP contribution in [0.5, 0.6) is 0 Å². The zero-order valence-electron chi connectivity index (χ0n) is 20.5. The van der Waals surface area contributed by atoms with Crippen LogP contribution in [-0.4, -0.2) is 14.0 Å². The maximum atomic E-state index is 6.50. The number of halogens is 1. The van der Waals surface area contributed by atoms with E-state index in [-0.39, 0.29) is 0 Å². The Bertz CT molecular complexity index is 1590. The fraction of sp³-hybridized carbons (Fsp3) is 0.194. The Balaban J connectivity index is 1.62. The average molecular weight is 510 g/mol. The van der Waals surface area contributed by atoms with Crippen LogP contribution in [0.25, 0.3) is 28.0 Å². The van der Waals surface area contributed by atoms with Crippen LogP contribution in [0.15, 0.2) is 79.0 Å². The van der Waals surface area contributed by atoms with Crippen LogP contribution >= 0.6 is 23.8 Å². The molecule has 2 aromatic heterocycles. The third-order valence-corrected chi connectivity index (χ3v) is 7.78. The van der Waals surface area contributed by atoms with Crippen LogP contribution in [0, 0.1) is 13.8 Å². The van der Waals surface area contributed by atoms with Gasteiger partial charge >= 0.3 is 0 Å². The highest BCUT2D eigenvalue weighted by Crippen LogP contribution is 2.40. The lowest BCUT2D eigenvalue weighted by molar-refractivity contribution is 0.647. The number of thiocarbonyl (C=S) groups is 1. The van der Waals surface area contributed by atoms with Crippen molar-refractivity contribution in [3.05, 3.63) is 106 Å². The molecule has 3 aromatic carbocycles. The van der Waals surface area contributed by atoms with Crippen LogP contribution in [0.1, 0.15) is 35.2 Å². The lowest BCUT2D eigenvalue weighted by atomic mass is 9.97. The number of imidazole rings is 1. The standard InChI is InChI=1S/C31H28ClN3S/c1-20-10-14-22(15-11-20)27-19-35-29(30(36)33-26-9-4-3-8-25(26)32)28(23-16-12-21(2)13-17-23)24-7-5-6-18-34(27)31(24)35/h3-4,8-17,19H,5-7,18H2,1-2H3,(H,33,36). The number of para-hydroxylation sites is 1. The highest BCUT2D eigenvalue weighted by Gasteiger charge is 2.28. The molecule has 0 saturated carbocycles. The number of rotatable bonds is 4. The van der Waals surface area contributed by atoms with Gasteiger partial charge in [0.1, 0.15) is 10.6 Å². The molecule has 0 fully saturated rings. The minimum Gasteiger partial charge on any atom is -0.344 e. The van der Waals surface area contributed by atoms with Gasteiger partial charge in [-0.1, -0.05) is 95.6 Å². The van der Waals surface area contributed by atoms with Gasteiger partial charge in [0.15, 0.2) is 0 Å². The summed E-state index contributed by atoms with van der Waals surface area (Å²) in [5.41, 5.74) is 11.8. The van der Waals surface area contributed by atoms with E-state index in [1.807, 2.05) is 24.3 Å². The Morgan fingerprint density at radius 1 is 0.861 bits per heavy atom. The predicted octanol–water partition coefficient (Wildman–Crippen LogP) is 8.47. The lowest BCUT2D eigenvalue weighted by Crippen LogP contribution is -2.14. The molecular formula is C31H28ClN3S. The molecule has 0 amide bonds. The Morgan fingerprint density at radius 2 is 1.53 bits per heavy atom. The second-order valence-electron chi connectivity index (χ2n) is 9.68. The van der Waals surface area contributed by atoms with Crippen LogP contribution in [0.2, 0.25) is 5.02 Å². The van der Waals surface area contributed by atoms with Gasteiger partial charge in [-0.25, -0.2) is 0 Å². The molecule has 0 atom stereocenters. The molecule has 1 aliphatic heterocycles. The van der Waals surface area contributed by atoms with E-state index >= 15 is 0 Å². The van der Waals surface area contributed by atoms with Gasteiger partial charge in [0.05, 0.1) is 22.1 Å².